The Morgan fingerprint density at radius 1 is 1.25 bits per heavy atom. The van der Waals surface area contributed by atoms with E-state index in [4.69, 9.17) is 14.6 Å². The molecule has 1 aromatic carbocycles. The number of nitro groups is 1. The van der Waals surface area contributed by atoms with Crippen LogP contribution in [0.3, 0.4) is 0 Å². The zero-order valence-corrected chi connectivity index (χ0v) is 13.4. The van der Waals surface area contributed by atoms with Gasteiger partial charge in [0.15, 0.2) is 5.75 Å². The van der Waals surface area contributed by atoms with Crippen LogP contribution in [-0.4, -0.2) is 54.1 Å². The summed E-state index contributed by atoms with van der Waals surface area (Å²) in [5.41, 5.74) is -0.256. The number of carboxylic acids is 1. The van der Waals surface area contributed by atoms with Gasteiger partial charge in [0.25, 0.3) is 5.91 Å². The van der Waals surface area contributed by atoms with E-state index in [-0.39, 0.29) is 35.8 Å². The number of hydrogen-bond acceptors (Lipinski definition) is 6. The van der Waals surface area contributed by atoms with Gasteiger partial charge < -0.3 is 19.5 Å². The van der Waals surface area contributed by atoms with Crippen LogP contribution in [0.1, 0.15) is 23.2 Å². The van der Waals surface area contributed by atoms with Crippen molar-refractivity contribution in [1.29, 1.82) is 0 Å². The number of hydrogen-bond donors (Lipinski definition) is 1. The van der Waals surface area contributed by atoms with Crippen LogP contribution in [0.2, 0.25) is 0 Å². The second-order valence-electron chi connectivity index (χ2n) is 5.39. The van der Waals surface area contributed by atoms with Gasteiger partial charge in [-0.3, -0.25) is 19.7 Å². The van der Waals surface area contributed by atoms with Crippen molar-refractivity contribution in [2.75, 3.05) is 27.3 Å². The van der Waals surface area contributed by atoms with E-state index in [1.54, 1.807) is 0 Å². The van der Waals surface area contributed by atoms with Crippen molar-refractivity contribution < 1.29 is 29.1 Å². The van der Waals surface area contributed by atoms with E-state index in [2.05, 4.69) is 0 Å². The van der Waals surface area contributed by atoms with Gasteiger partial charge in [0.1, 0.15) is 0 Å². The van der Waals surface area contributed by atoms with Crippen LogP contribution in [-0.2, 0) is 4.79 Å². The van der Waals surface area contributed by atoms with Crippen molar-refractivity contribution in [1.82, 2.24) is 4.90 Å². The van der Waals surface area contributed by atoms with Crippen molar-refractivity contribution in [2.24, 2.45) is 5.92 Å². The summed E-state index contributed by atoms with van der Waals surface area (Å²) in [6.45, 7) is 0.579. The Morgan fingerprint density at radius 3 is 2.33 bits per heavy atom. The Hall–Kier alpha value is -2.84. The molecule has 1 fully saturated rings. The molecular formula is C15H18N2O7. The summed E-state index contributed by atoms with van der Waals surface area (Å²) in [7, 11) is 2.61. The number of rotatable bonds is 5. The normalized spacial score (nSPS) is 15.0. The van der Waals surface area contributed by atoms with E-state index >= 15 is 0 Å². The first-order chi connectivity index (χ1) is 11.4. The molecule has 0 aliphatic carbocycles. The fourth-order valence-electron chi connectivity index (χ4n) is 2.72. The first kappa shape index (κ1) is 17.5. The van der Waals surface area contributed by atoms with Crippen LogP contribution in [0.25, 0.3) is 0 Å². The highest BCUT2D eigenvalue weighted by Gasteiger charge is 2.30. The minimum absolute atomic E-state index is 0.0522. The molecule has 9 nitrogen and oxygen atoms in total. The standard InChI is InChI=1S/C15H18N2O7/c1-23-12-8-10(7-11(17(21)22)13(12)24-2)14(18)16-5-3-9(4-6-16)15(19)20/h7-9H,3-6H2,1-2H3,(H,19,20). The summed E-state index contributed by atoms with van der Waals surface area (Å²) in [5, 5.41) is 20.2. The van der Waals surface area contributed by atoms with Crippen molar-refractivity contribution in [2.45, 2.75) is 12.8 Å². The van der Waals surface area contributed by atoms with Gasteiger partial charge in [-0.05, 0) is 18.9 Å². The summed E-state index contributed by atoms with van der Waals surface area (Å²) in [4.78, 5) is 35.6. The Morgan fingerprint density at radius 2 is 1.88 bits per heavy atom. The molecule has 0 unspecified atom stereocenters. The summed E-state index contributed by atoms with van der Waals surface area (Å²) in [6.07, 6.45) is 0.715. The molecule has 0 bridgehead atoms. The van der Waals surface area contributed by atoms with Gasteiger partial charge in [0, 0.05) is 19.2 Å². The monoisotopic (exact) mass is 338 g/mol. The molecule has 0 radical (unpaired) electrons. The van der Waals surface area contributed by atoms with E-state index < -0.39 is 22.7 Å². The number of benzene rings is 1. The van der Waals surface area contributed by atoms with Crippen molar-refractivity contribution in [3.8, 4) is 11.5 Å². The first-order valence-electron chi connectivity index (χ1n) is 7.31. The second-order valence-corrected chi connectivity index (χ2v) is 5.39. The number of likely N-dealkylation sites (tertiary alicyclic amines) is 1. The zero-order valence-electron chi connectivity index (χ0n) is 13.4. The molecule has 0 aromatic heterocycles. The molecule has 0 atom stereocenters. The van der Waals surface area contributed by atoms with Gasteiger partial charge in [-0.2, -0.15) is 0 Å². The highest BCUT2D eigenvalue weighted by molar-refractivity contribution is 5.96. The lowest BCUT2D eigenvalue weighted by Crippen LogP contribution is -2.40. The maximum absolute atomic E-state index is 12.6. The highest BCUT2D eigenvalue weighted by atomic mass is 16.6. The molecular weight excluding hydrogens is 320 g/mol. The summed E-state index contributed by atoms with van der Waals surface area (Å²) >= 11 is 0. The van der Waals surface area contributed by atoms with Crippen LogP contribution in [0, 0.1) is 16.0 Å². The quantitative estimate of drug-likeness (QED) is 0.639. The Labute approximate surface area is 137 Å². The Balaban J connectivity index is 2.28. The smallest absolute Gasteiger partial charge is 0.315 e. The molecule has 1 aliphatic rings. The highest BCUT2D eigenvalue weighted by Crippen LogP contribution is 2.38. The predicted octanol–water partition coefficient (Wildman–Crippen LogP) is 1.55. The number of nitrogens with zero attached hydrogens (tertiary/aromatic N) is 2. The Kier molecular flexibility index (Phi) is 5.22. The average molecular weight is 338 g/mol. The fraction of sp³-hybridized carbons (Fsp3) is 0.467. The summed E-state index contributed by atoms with van der Waals surface area (Å²) in [6, 6.07) is 2.53. The van der Waals surface area contributed by atoms with E-state index in [9.17, 15) is 19.7 Å². The average Bonchev–Trinajstić information content (AvgIpc) is 2.59. The fourth-order valence-corrected chi connectivity index (χ4v) is 2.72. The van der Waals surface area contributed by atoms with E-state index in [1.165, 1.54) is 25.2 Å². The van der Waals surface area contributed by atoms with E-state index in [0.717, 1.165) is 6.07 Å². The largest absolute Gasteiger partial charge is 0.493 e. The number of ether oxygens (including phenoxy) is 2. The number of methoxy groups -OCH3 is 2. The maximum atomic E-state index is 12.6. The number of nitro benzene ring substituents is 1. The second kappa shape index (κ2) is 7.16. The van der Waals surface area contributed by atoms with Gasteiger partial charge in [-0.15, -0.1) is 0 Å². The predicted molar refractivity (Wildman–Crippen MR) is 82.5 cm³/mol. The summed E-state index contributed by atoms with van der Waals surface area (Å²) < 4.78 is 10.1. The van der Waals surface area contributed by atoms with Crippen LogP contribution >= 0.6 is 0 Å². The number of carbonyl (C=O) groups excluding carboxylic acids is 1. The first-order valence-corrected chi connectivity index (χ1v) is 7.31. The third-order valence-corrected chi connectivity index (χ3v) is 4.03. The lowest BCUT2D eigenvalue weighted by Gasteiger charge is -2.30. The van der Waals surface area contributed by atoms with Crippen molar-refractivity contribution >= 4 is 17.6 Å². The molecule has 24 heavy (non-hydrogen) atoms. The molecule has 2 rings (SSSR count). The number of piperidine rings is 1. The molecule has 0 spiro atoms. The van der Waals surface area contributed by atoms with Crippen LogP contribution in [0.15, 0.2) is 12.1 Å². The van der Waals surface area contributed by atoms with Gasteiger partial charge in [0.05, 0.1) is 30.6 Å². The molecule has 1 aliphatic heterocycles. The SMILES string of the molecule is COc1cc(C(=O)N2CCC(C(=O)O)CC2)cc([N+](=O)[O-])c1OC. The number of carbonyl (C=O) groups is 2. The van der Waals surface area contributed by atoms with Gasteiger partial charge >= 0.3 is 11.7 Å². The van der Waals surface area contributed by atoms with Gasteiger partial charge in [-0.1, -0.05) is 0 Å². The number of aliphatic carboxylic acids is 1. The van der Waals surface area contributed by atoms with Crippen LogP contribution in [0.5, 0.6) is 11.5 Å². The van der Waals surface area contributed by atoms with Crippen molar-refractivity contribution in [3.05, 3.63) is 27.8 Å². The molecule has 130 valence electrons. The van der Waals surface area contributed by atoms with Crippen LogP contribution < -0.4 is 9.47 Å². The maximum Gasteiger partial charge on any atom is 0.315 e. The van der Waals surface area contributed by atoms with E-state index in [0.29, 0.717) is 12.8 Å². The third-order valence-electron chi connectivity index (χ3n) is 4.03. The molecule has 9 heteroatoms. The molecule has 0 saturated carbocycles. The van der Waals surface area contributed by atoms with Gasteiger partial charge in [-0.25, -0.2) is 0 Å². The minimum atomic E-state index is -0.871. The van der Waals surface area contributed by atoms with Crippen molar-refractivity contribution in [3.63, 3.8) is 0 Å². The third kappa shape index (κ3) is 3.39. The molecule has 1 heterocycles. The lowest BCUT2D eigenvalue weighted by molar-refractivity contribution is -0.385. The Bertz CT molecular complexity index is 666. The topological polar surface area (TPSA) is 119 Å². The minimum Gasteiger partial charge on any atom is -0.493 e. The van der Waals surface area contributed by atoms with Gasteiger partial charge in [0.2, 0.25) is 5.75 Å². The summed E-state index contributed by atoms with van der Waals surface area (Å²) in [5.74, 6) is -1.69. The zero-order chi connectivity index (χ0) is 17.9. The molecule has 1 N–H and O–H groups in total. The van der Waals surface area contributed by atoms with E-state index in [1.807, 2.05) is 0 Å². The number of carboxylic acid groups (broad SMARTS) is 1. The van der Waals surface area contributed by atoms with Crippen LogP contribution in [0.4, 0.5) is 5.69 Å². The number of amides is 1. The molecule has 1 amide bonds. The lowest BCUT2D eigenvalue weighted by atomic mass is 9.96. The molecule has 1 aromatic rings. The molecule has 1 saturated heterocycles.